The van der Waals surface area contributed by atoms with Gasteiger partial charge in [-0.3, -0.25) is 0 Å². The predicted octanol–water partition coefficient (Wildman–Crippen LogP) is 4.69. The van der Waals surface area contributed by atoms with Crippen LogP contribution in [0, 0.1) is 6.92 Å². The van der Waals surface area contributed by atoms with Gasteiger partial charge in [0.05, 0.1) is 5.56 Å². The Labute approximate surface area is 122 Å². The first-order chi connectivity index (χ1) is 9.38. The fourth-order valence-corrected chi connectivity index (χ4v) is 3.98. The highest BCUT2D eigenvalue weighted by atomic mass is 32.2. The van der Waals surface area contributed by atoms with Gasteiger partial charge in [-0.15, -0.1) is 0 Å². The molecule has 0 aromatic heterocycles. The van der Waals surface area contributed by atoms with Gasteiger partial charge in [0.15, 0.2) is 0 Å². The Kier molecular flexibility index (Phi) is 5.02. The Bertz CT molecular complexity index is 453. The first-order valence-corrected chi connectivity index (χ1v) is 7.97. The molecule has 0 amide bonds. The molecule has 112 valence electrons. The summed E-state index contributed by atoms with van der Waals surface area (Å²) in [4.78, 5) is 0. The summed E-state index contributed by atoms with van der Waals surface area (Å²) in [5.74, 6) is 0.775. The molecular formula is C15H20F3NS. The molecule has 1 unspecified atom stereocenters. The monoisotopic (exact) mass is 303 g/mol. The van der Waals surface area contributed by atoms with Crippen molar-refractivity contribution in [1.29, 1.82) is 0 Å². The second kappa shape index (κ2) is 6.39. The number of alkyl halides is 3. The molecule has 1 aromatic carbocycles. The highest BCUT2D eigenvalue weighted by molar-refractivity contribution is 7.99. The highest BCUT2D eigenvalue weighted by Gasteiger charge is 2.31. The van der Waals surface area contributed by atoms with Crippen molar-refractivity contribution in [3.63, 3.8) is 0 Å². The summed E-state index contributed by atoms with van der Waals surface area (Å²) in [6.07, 6.45) is 0.761. The number of nitrogens with two attached hydrogens (primary N) is 1. The van der Waals surface area contributed by atoms with E-state index in [-0.39, 0.29) is 6.04 Å². The summed E-state index contributed by atoms with van der Waals surface area (Å²) in [5, 5.41) is 0.677. The molecule has 20 heavy (non-hydrogen) atoms. The van der Waals surface area contributed by atoms with Crippen LogP contribution in [0.3, 0.4) is 0 Å². The molecule has 0 bridgehead atoms. The maximum absolute atomic E-state index is 12.6. The normalized spacial score (nSPS) is 18.4. The Morgan fingerprint density at radius 3 is 2.50 bits per heavy atom. The van der Waals surface area contributed by atoms with Gasteiger partial charge in [0.25, 0.3) is 0 Å². The van der Waals surface area contributed by atoms with E-state index in [1.54, 1.807) is 6.92 Å². The average molecular weight is 303 g/mol. The maximum Gasteiger partial charge on any atom is 0.416 e. The highest BCUT2D eigenvalue weighted by Crippen LogP contribution is 2.34. The quantitative estimate of drug-likeness (QED) is 0.873. The number of thioether (sulfide) groups is 1. The molecule has 1 aromatic rings. The fraction of sp³-hybridized carbons (Fsp3) is 0.600. The van der Waals surface area contributed by atoms with Crippen molar-refractivity contribution in [3.05, 3.63) is 34.9 Å². The van der Waals surface area contributed by atoms with Crippen LogP contribution in [0.25, 0.3) is 0 Å². The van der Waals surface area contributed by atoms with Crippen LogP contribution >= 0.6 is 11.8 Å². The summed E-state index contributed by atoms with van der Waals surface area (Å²) >= 11 is 1.86. The summed E-state index contributed by atoms with van der Waals surface area (Å²) in [6, 6.07) is 3.65. The number of benzene rings is 1. The third-order valence-electron chi connectivity index (χ3n) is 3.81. The predicted molar refractivity (Wildman–Crippen MR) is 77.8 cm³/mol. The lowest BCUT2D eigenvalue weighted by atomic mass is 10.0. The van der Waals surface area contributed by atoms with E-state index in [0.717, 1.165) is 17.4 Å². The van der Waals surface area contributed by atoms with Gasteiger partial charge in [0.1, 0.15) is 0 Å². The van der Waals surface area contributed by atoms with E-state index in [0.29, 0.717) is 10.8 Å². The maximum atomic E-state index is 12.6. The molecule has 0 aliphatic heterocycles. The van der Waals surface area contributed by atoms with E-state index in [9.17, 15) is 13.2 Å². The first-order valence-electron chi connectivity index (χ1n) is 6.93. The number of rotatable bonds is 4. The molecule has 2 rings (SSSR count). The lowest BCUT2D eigenvalue weighted by Gasteiger charge is -2.18. The molecule has 1 saturated carbocycles. The van der Waals surface area contributed by atoms with Gasteiger partial charge >= 0.3 is 6.18 Å². The molecule has 0 radical (unpaired) electrons. The summed E-state index contributed by atoms with van der Waals surface area (Å²) in [6.45, 7) is 1.70. The van der Waals surface area contributed by atoms with Crippen molar-refractivity contribution >= 4 is 11.8 Å². The zero-order valence-electron chi connectivity index (χ0n) is 11.5. The fourth-order valence-electron chi connectivity index (χ4n) is 2.65. The van der Waals surface area contributed by atoms with Crippen molar-refractivity contribution in [1.82, 2.24) is 0 Å². The Morgan fingerprint density at radius 2 is 1.95 bits per heavy atom. The van der Waals surface area contributed by atoms with Gasteiger partial charge in [0, 0.05) is 17.0 Å². The summed E-state index contributed by atoms with van der Waals surface area (Å²) in [7, 11) is 0. The molecule has 1 nitrogen and oxygen atoms in total. The van der Waals surface area contributed by atoms with Crippen LogP contribution in [0.5, 0.6) is 0 Å². The largest absolute Gasteiger partial charge is 0.416 e. The van der Waals surface area contributed by atoms with Crippen molar-refractivity contribution in [2.45, 2.75) is 50.1 Å². The van der Waals surface area contributed by atoms with Crippen LogP contribution in [0.4, 0.5) is 13.2 Å². The standard InChI is InChI=1S/C15H20F3NS/c1-10-8-11(15(16,17)18)6-7-13(10)14(19)9-20-12-4-2-3-5-12/h6-8,12,14H,2-5,9,19H2,1H3. The minimum atomic E-state index is -4.29. The summed E-state index contributed by atoms with van der Waals surface area (Å²) < 4.78 is 37.9. The van der Waals surface area contributed by atoms with Crippen molar-refractivity contribution in [3.8, 4) is 0 Å². The van der Waals surface area contributed by atoms with E-state index < -0.39 is 11.7 Å². The van der Waals surface area contributed by atoms with Crippen LogP contribution in [-0.2, 0) is 6.18 Å². The molecule has 5 heteroatoms. The number of aryl methyl sites for hydroxylation is 1. The molecule has 0 heterocycles. The van der Waals surface area contributed by atoms with E-state index >= 15 is 0 Å². The third-order valence-corrected chi connectivity index (χ3v) is 5.30. The van der Waals surface area contributed by atoms with Crippen molar-refractivity contribution in [2.75, 3.05) is 5.75 Å². The van der Waals surface area contributed by atoms with Gasteiger partial charge in [-0.1, -0.05) is 18.9 Å². The number of hydrogen-bond acceptors (Lipinski definition) is 2. The second-order valence-corrected chi connectivity index (χ2v) is 6.75. The Hall–Kier alpha value is -0.680. The van der Waals surface area contributed by atoms with Crippen molar-refractivity contribution in [2.24, 2.45) is 5.73 Å². The lowest BCUT2D eigenvalue weighted by molar-refractivity contribution is -0.137. The molecule has 1 aliphatic carbocycles. The number of halogens is 3. The molecular weight excluding hydrogens is 283 g/mol. The smallest absolute Gasteiger partial charge is 0.323 e. The van der Waals surface area contributed by atoms with Crippen LogP contribution in [0.15, 0.2) is 18.2 Å². The van der Waals surface area contributed by atoms with Crippen molar-refractivity contribution < 1.29 is 13.2 Å². The van der Waals surface area contributed by atoms with Crippen LogP contribution < -0.4 is 5.73 Å². The average Bonchev–Trinajstić information content (AvgIpc) is 2.87. The van der Waals surface area contributed by atoms with E-state index in [2.05, 4.69) is 0 Å². The minimum Gasteiger partial charge on any atom is -0.323 e. The van der Waals surface area contributed by atoms with Crippen LogP contribution in [0.1, 0.15) is 48.4 Å². The van der Waals surface area contributed by atoms with Crippen LogP contribution in [0.2, 0.25) is 0 Å². The number of hydrogen-bond donors (Lipinski definition) is 1. The van der Waals surface area contributed by atoms with Gasteiger partial charge in [-0.05, 0) is 43.0 Å². The summed E-state index contributed by atoms with van der Waals surface area (Å²) in [5.41, 5.74) is 6.98. The Balaban J connectivity index is 2.00. The molecule has 1 aliphatic rings. The van der Waals surface area contributed by atoms with E-state index in [1.807, 2.05) is 11.8 Å². The molecule has 2 N–H and O–H groups in total. The van der Waals surface area contributed by atoms with Crippen LogP contribution in [-0.4, -0.2) is 11.0 Å². The van der Waals surface area contributed by atoms with Gasteiger partial charge < -0.3 is 5.73 Å². The third kappa shape index (κ3) is 3.92. The zero-order chi connectivity index (χ0) is 14.8. The van der Waals surface area contributed by atoms with E-state index in [4.69, 9.17) is 5.73 Å². The van der Waals surface area contributed by atoms with E-state index in [1.165, 1.54) is 37.8 Å². The Morgan fingerprint density at radius 1 is 1.30 bits per heavy atom. The van der Waals surface area contributed by atoms with Gasteiger partial charge in [-0.2, -0.15) is 24.9 Å². The lowest BCUT2D eigenvalue weighted by Crippen LogP contribution is -2.17. The molecule has 0 spiro atoms. The second-order valence-electron chi connectivity index (χ2n) is 5.42. The molecule has 1 atom stereocenters. The molecule has 1 fully saturated rings. The minimum absolute atomic E-state index is 0.192. The topological polar surface area (TPSA) is 26.0 Å². The SMILES string of the molecule is Cc1cc(C(F)(F)F)ccc1C(N)CSC1CCCC1. The zero-order valence-corrected chi connectivity index (χ0v) is 12.4. The first kappa shape index (κ1) is 15.7. The van der Waals surface area contributed by atoms with Gasteiger partial charge in [-0.25, -0.2) is 0 Å². The van der Waals surface area contributed by atoms with Gasteiger partial charge in [0.2, 0.25) is 0 Å². The molecule has 0 saturated heterocycles.